The summed E-state index contributed by atoms with van der Waals surface area (Å²) in [6.07, 6.45) is 9.05. The molecule has 3 fully saturated rings. The van der Waals surface area contributed by atoms with Gasteiger partial charge in [-0.3, -0.25) is 19.3 Å². The first-order valence-corrected chi connectivity index (χ1v) is 15.8. The number of hydrogen-bond acceptors (Lipinski definition) is 7. The molecule has 1 aromatic rings. The Bertz CT molecular complexity index is 1270. The van der Waals surface area contributed by atoms with E-state index in [0.29, 0.717) is 52.4 Å². The number of benzene rings is 1. The van der Waals surface area contributed by atoms with E-state index in [1.54, 1.807) is 9.80 Å². The van der Waals surface area contributed by atoms with Crippen molar-refractivity contribution in [3.05, 3.63) is 60.2 Å². The lowest BCUT2D eigenvalue weighted by Crippen LogP contribution is -2.57. The SMILES string of the molecule is CCCN1CC=C[C@@]2(CC)O[C@]34C=CCN(CCN5CCOCC5)C(=O)C3N([C@H](CO)c3ccccc3)C(=O)[C@@H]4[C@H]2C1=O. The fourth-order valence-electron chi connectivity index (χ4n) is 7.92. The maximum Gasteiger partial charge on any atom is 0.249 e. The number of aliphatic hydroxyl groups excluding tert-OH is 1. The minimum Gasteiger partial charge on any atom is -0.394 e. The summed E-state index contributed by atoms with van der Waals surface area (Å²) in [4.78, 5) is 51.3. The Morgan fingerprint density at radius 3 is 2.26 bits per heavy atom. The molecule has 0 radical (unpaired) electrons. The van der Waals surface area contributed by atoms with Crippen LogP contribution in [0, 0.1) is 11.8 Å². The number of fused-ring (bicyclic) bond motifs is 2. The maximum absolute atomic E-state index is 14.8. The summed E-state index contributed by atoms with van der Waals surface area (Å²) >= 11 is 0. The predicted molar refractivity (Wildman–Crippen MR) is 160 cm³/mol. The van der Waals surface area contributed by atoms with Crippen LogP contribution in [0.1, 0.15) is 38.3 Å². The number of carbonyl (C=O) groups is 3. The number of nitrogens with zero attached hydrogens (tertiary/aromatic N) is 4. The monoisotopic (exact) mass is 592 g/mol. The first-order valence-electron chi connectivity index (χ1n) is 15.8. The van der Waals surface area contributed by atoms with Crippen molar-refractivity contribution in [1.82, 2.24) is 19.6 Å². The molecule has 6 atom stereocenters. The highest BCUT2D eigenvalue weighted by Gasteiger charge is 2.76. The number of hydrogen-bond donors (Lipinski definition) is 1. The molecule has 3 amide bonds. The van der Waals surface area contributed by atoms with Gasteiger partial charge in [-0.2, -0.15) is 0 Å². The average Bonchev–Trinajstić information content (AvgIpc) is 3.33. The average molecular weight is 593 g/mol. The van der Waals surface area contributed by atoms with Crippen LogP contribution in [0.4, 0.5) is 0 Å². The van der Waals surface area contributed by atoms with E-state index in [4.69, 9.17) is 9.47 Å². The molecule has 10 nitrogen and oxygen atoms in total. The summed E-state index contributed by atoms with van der Waals surface area (Å²) in [5, 5.41) is 10.8. The number of amides is 3. The van der Waals surface area contributed by atoms with Gasteiger partial charge in [-0.05, 0) is 18.4 Å². The zero-order chi connectivity index (χ0) is 30.2. The van der Waals surface area contributed by atoms with Gasteiger partial charge in [-0.15, -0.1) is 0 Å². The van der Waals surface area contributed by atoms with Gasteiger partial charge in [0.15, 0.2) is 0 Å². The van der Waals surface area contributed by atoms with E-state index in [2.05, 4.69) is 4.90 Å². The molecule has 1 aromatic carbocycles. The Hall–Kier alpha value is -3.05. The molecule has 3 saturated heterocycles. The Labute approximate surface area is 253 Å². The van der Waals surface area contributed by atoms with Crippen molar-refractivity contribution in [1.29, 1.82) is 0 Å². The molecule has 1 N–H and O–H groups in total. The van der Waals surface area contributed by atoms with Crippen LogP contribution < -0.4 is 0 Å². The molecular formula is C33H44N4O6. The number of ether oxygens (including phenoxy) is 2. The summed E-state index contributed by atoms with van der Waals surface area (Å²) in [6.45, 7) is 9.21. The van der Waals surface area contributed by atoms with Crippen LogP contribution in [0.2, 0.25) is 0 Å². The quantitative estimate of drug-likeness (QED) is 0.435. The molecule has 0 aromatic heterocycles. The van der Waals surface area contributed by atoms with Gasteiger partial charge in [0.25, 0.3) is 0 Å². The van der Waals surface area contributed by atoms with Gasteiger partial charge in [0, 0.05) is 45.8 Å². The number of morpholine rings is 1. The number of aliphatic hydroxyl groups is 1. The topological polar surface area (TPSA) is 103 Å². The lowest BCUT2D eigenvalue weighted by Gasteiger charge is -2.41. The van der Waals surface area contributed by atoms with Crippen molar-refractivity contribution in [3.8, 4) is 0 Å². The zero-order valence-electron chi connectivity index (χ0n) is 25.3. The molecule has 0 saturated carbocycles. The van der Waals surface area contributed by atoms with Crippen molar-refractivity contribution in [2.75, 3.05) is 65.6 Å². The molecule has 10 heteroatoms. The lowest BCUT2D eigenvalue weighted by atomic mass is 9.73. The third-order valence-corrected chi connectivity index (χ3v) is 10.0. The number of rotatable bonds is 9. The molecule has 0 bridgehead atoms. The molecule has 43 heavy (non-hydrogen) atoms. The van der Waals surface area contributed by atoms with Crippen LogP contribution in [0.3, 0.4) is 0 Å². The molecule has 232 valence electrons. The minimum absolute atomic E-state index is 0.112. The highest BCUT2D eigenvalue weighted by atomic mass is 16.5. The Morgan fingerprint density at radius 1 is 0.884 bits per heavy atom. The summed E-state index contributed by atoms with van der Waals surface area (Å²) < 4.78 is 12.6. The van der Waals surface area contributed by atoms with Gasteiger partial charge >= 0.3 is 0 Å². The van der Waals surface area contributed by atoms with E-state index >= 15 is 0 Å². The van der Waals surface area contributed by atoms with Crippen LogP contribution in [-0.2, 0) is 23.9 Å². The molecule has 5 aliphatic heterocycles. The van der Waals surface area contributed by atoms with E-state index in [-0.39, 0.29) is 24.3 Å². The van der Waals surface area contributed by atoms with Crippen LogP contribution in [0.5, 0.6) is 0 Å². The van der Waals surface area contributed by atoms with Gasteiger partial charge in [0.05, 0.1) is 43.3 Å². The van der Waals surface area contributed by atoms with E-state index in [9.17, 15) is 19.5 Å². The molecule has 6 rings (SSSR count). The summed E-state index contributed by atoms with van der Waals surface area (Å²) in [7, 11) is 0. The first-order chi connectivity index (χ1) is 20.9. The van der Waals surface area contributed by atoms with Crippen LogP contribution >= 0.6 is 0 Å². The van der Waals surface area contributed by atoms with Crippen LogP contribution in [0.15, 0.2) is 54.6 Å². The fraction of sp³-hybridized carbons (Fsp3) is 0.606. The summed E-state index contributed by atoms with van der Waals surface area (Å²) in [6, 6.07) is 7.54. The largest absolute Gasteiger partial charge is 0.394 e. The molecule has 0 aliphatic carbocycles. The van der Waals surface area contributed by atoms with E-state index in [1.165, 1.54) is 0 Å². The maximum atomic E-state index is 14.8. The Kier molecular flexibility index (Phi) is 8.48. The van der Waals surface area contributed by atoms with Crippen LogP contribution in [-0.4, -0.2) is 125 Å². The van der Waals surface area contributed by atoms with Crippen LogP contribution in [0.25, 0.3) is 0 Å². The molecule has 5 aliphatic rings. The third-order valence-electron chi connectivity index (χ3n) is 10.0. The normalized spacial score (nSPS) is 33.3. The van der Waals surface area contributed by atoms with Crippen molar-refractivity contribution >= 4 is 17.7 Å². The highest BCUT2D eigenvalue weighted by Crippen LogP contribution is 2.59. The van der Waals surface area contributed by atoms with Gasteiger partial charge in [0.1, 0.15) is 11.6 Å². The van der Waals surface area contributed by atoms with Gasteiger partial charge < -0.3 is 29.3 Å². The minimum atomic E-state index is -1.35. The first kappa shape index (κ1) is 30.0. The summed E-state index contributed by atoms with van der Waals surface area (Å²) in [5.41, 5.74) is -1.63. The zero-order valence-corrected chi connectivity index (χ0v) is 25.3. The summed E-state index contributed by atoms with van der Waals surface area (Å²) in [5.74, 6) is -2.33. The standard InChI is InChI=1S/C33H44N4O6/c1-3-14-35-15-8-12-32(4-2)26(29(35)39)27-30(40)37(25(23-38)24-10-6-5-7-11-24)28-31(41)36(16-9-13-33(27,28)43-32)18-17-34-19-21-42-22-20-34/h5-13,25-28,38H,3-4,14-23H2,1-2H3/t25-,26+,27+,28?,32-,33+/m1/s1. The second-order valence-corrected chi connectivity index (χ2v) is 12.3. The van der Waals surface area contributed by atoms with Crippen molar-refractivity contribution < 1.29 is 29.0 Å². The van der Waals surface area contributed by atoms with Crippen molar-refractivity contribution in [3.63, 3.8) is 0 Å². The second-order valence-electron chi connectivity index (χ2n) is 12.3. The van der Waals surface area contributed by atoms with E-state index in [1.807, 2.05) is 73.4 Å². The van der Waals surface area contributed by atoms with Crippen molar-refractivity contribution in [2.24, 2.45) is 11.8 Å². The highest BCUT2D eigenvalue weighted by molar-refractivity contribution is 6.00. The van der Waals surface area contributed by atoms with E-state index < -0.39 is 35.1 Å². The van der Waals surface area contributed by atoms with Gasteiger partial charge in [-0.1, -0.05) is 68.5 Å². The molecular weight excluding hydrogens is 548 g/mol. The molecule has 1 spiro atoms. The second kappa shape index (κ2) is 12.1. The fourth-order valence-corrected chi connectivity index (χ4v) is 7.92. The molecule has 1 unspecified atom stereocenters. The molecule has 5 heterocycles. The Morgan fingerprint density at radius 2 is 1.58 bits per heavy atom. The lowest BCUT2D eigenvalue weighted by molar-refractivity contribution is -0.157. The number of likely N-dealkylation sites (tertiary alicyclic amines) is 1. The predicted octanol–water partition coefficient (Wildman–Crippen LogP) is 1.62. The Balaban J connectivity index is 1.44. The third kappa shape index (κ3) is 4.92. The van der Waals surface area contributed by atoms with E-state index in [0.717, 1.165) is 25.1 Å². The van der Waals surface area contributed by atoms with Gasteiger partial charge in [0.2, 0.25) is 17.7 Å². The smallest absolute Gasteiger partial charge is 0.249 e. The number of carbonyl (C=O) groups excluding carboxylic acids is 3. The van der Waals surface area contributed by atoms with Gasteiger partial charge in [-0.25, -0.2) is 0 Å². The van der Waals surface area contributed by atoms with Crippen molar-refractivity contribution in [2.45, 2.75) is 50.0 Å².